The van der Waals surface area contributed by atoms with Crippen molar-refractivity contribution in [3.63, 3.8) is 0 Å². The lowest BCUT2D eigenvalue weighted by molar-refractivity contribution is 0.424. The molecule has 1 aromatic heterocycles. The molecule has 0 radical (unpaired) electrons. The Bertz CT molecular complexity index is 518. The number of hydrogen-bond acceptors (Lipinski definition) is 4. The highest BCUT2D eigenvalue weighted by atomic mass is 32.2. The predicted octanol–water partition coefficient (Wildman–Crippen LogP) is 1.42. The highest BCUT2D eigenvalue weighted by Crippen LogP contribution is 2.22. The Hall–Kier alpha value is -0.880. The Balaban J connectivity index is 2.94. The van der Waals surface area contributed by atoms with Gasteiger partial charge < -0.3 is 5.32 Å². The van der Waals surface area contributed by atoms with Crippen molar-refractivity contribution in [1.82, 2.24) is 15.1 Å². The molecule has 0 spiro atoms. The van der Waals surface area contributed by atoms with E-state index in [1.165, 1.54) is 6.26 Å². The fraction of sp³-hybridized carbons (Fsp3) is 0.769. The first-order valence-electron chi connectivity index (χ1n) is 6.50. The molecule has 0 aliphatic heterocycles. The largest absolute Gasteiger partial charge is 0.315 e. The second-order valence-corrected chi connectivity index (χ2v) is 8.40. The molecule has 1 N–H and O–H groups in total. The van der Waals surface area contributed by atoms with Crippen LogP contribution in [0, 0.1) is 0 Å². The number of nitrogens with zero attached hydrogens (tertiary/aromatic N) is 2. The van der Waals surface area contributed by atoms with Crippen LogP contribution in [0.25, 0.3) is 0 Å². The number of aromatic nitrogens is 2. The van der Waals surface area contributed by atoms with Gasteiger partial charge in [0.15, 0.2) is 9.84 Å². The molecule has 1 rings (SSSR count). The van der Waals surface area contributed by atoms with Gasteiger partial charge in [0.25, 0.3) is 0 Å². The standard InChI is InChI=1S/C13H25N3O2S/c1-10(2)16-8-7-11(15-16)9-12(14-5)13(3,4)19(6,17)18/h7-8,10,12,14H,9H2,1-6H3. The van der Waals surface area contributed by atoms with Crippen LogP contribution in [0.2, 0.25) is 0 Å². The maximum atomic E-state index is 11.9. The minimum atomic E-state index is -3.14. The molecule has 19 heavy (non-hydrogen) atoms. The van der Waals surface area contributed by atoms with E-state index in [-0.39, 0.29) is 6.04 Å². The Morgan fingerprint density at radius 1 is 1.42 bits per heavy atom. The van der Waals surface area contributed by atoms with Gasteiger partial charge in [-0.25, -0.2) is 8.42 Å². The number of hydrogen-bond donors (Lipinski definition) is 1. The zero-order valence-electron chi connectivity index (χ0n) is 12.6. The number of rotatable bonds is 6. The maximum absolute atomic E-state index is 11.9. The quantitative estimate of drug-likeness (QED) is 0.859. The first-order valence-corrected chi connectivity index (χ1v) is 8.39. The predicted molar refractivity (Wildman–Crippen MR) is 78.1 cm³/mol. The summed E-state index contributed by atoms with van der Waals surface area (Å²) in [5.41, 5.74) is 0.907. The van der Waals surface area contributed by atoms with Gasteiger partial charge in [0, 0.05) is 31.0 Å². The Labute approximate surface area is 116 Å². The van der Waals surface area contributed by atoms with Gasteiger partial charge in [-0.15, -0.1) is 0 Å². The van der Waals surface area contributed by atoms with Crippen LogP contribution in [0.3, 0.4) is 0 Å². The molecule has 0 bridgehead atoms. The Kier molecular flexibility index (Phi) is 4.79. The van der Waals surface area contributed by atoms with Crippen LogP contribution < -0.4 is 5.32 Å². The van der Waals surface area contributed by atoms with Gasteiger partial charge in [0.05, 0.1) is 10.4 Å². The van der Waals surface area contributed by atoms with Crippen LogP contribution in [0.15, 0.2) is 12.3 Å². The van der Waals surface area contributed by atoms with Gasteiger partial charge in [-0.3, -0.25) is 4.68 Å². The third kappa shape index (κ3) is 3.57. The highest BCUT2D eigenvalue weighted by molar-refractivity contribution is 7.92. The fourth-order valence-electron chi connectivity index (χ4n) is 1.94. The molecule has 6 heteroatoms. The van der Waals surface area contributed by atoms with Gasteiger partial charge in [-0.1, -0.05) is 0 Å². The fourth-order valence-corrected chi connectivity index (χ4v) is 2.65. The average Bonchev–Trinajstić information content (AvgIpc) is 2.72. The van der Waals surface area contributed by atoms with Crippen LogP contribution in [0.5, 0.6) is 0 Å². The summed E-state index contributed by atoms with van der Waals surface area (Å²) in [4.78, 5) is 0. The molecule has 0 saturated heterocycles. The van der Waals surface area contributed by atoms with Crippen LogP contribution in [0.4, 0.5) is 0 Å². The lowest BCUT2D eigenvalue weighted by atomic mass is 9.98. The van der Waals surface area contributed by atoms with Crippen molar-refractivity contribution in [1.29, 1.82) is 0 Å². The first-order chi connectivity index (χ1) is 8.59. The van der Waals surface area contributed by atoms with E-state index in [1.54, 1.807) is 20.9 Å². The zero-order valence-corrected chi connectivity index (χ0v) is 13.5. The SMILES string of the molecule is CNC(Cc1ccn(C(C)C)n1)C(C)(C)S(C)(=O)=O. The molecular weight excluding hydrogens is 262 g/mol. The van der Waals surface area contributed by atoms with E-state index < -0.39 is 14.6 Å². The third-order valence-electron chi connectivity index (χ3n) is 3.75. The van der Waals surface area contributed by atoms with Gasteiger partial charge in [-0.2, -0.15) is 5.10 Å². The topological polar surface area (TPSA) is 64.0 Å². The number of sulfone groups is 1. The summed E-state index contributed by atoms with van der Waals surface area (Å²) in [6, 6.07) is 2.09. The van der Waals surface area contributed by atoms with E-state index in [0.717, 1.165) is 5.69 Å². The van der Waals surface area contributed by atoms with Crippen LogP contribution >= 0.6 is 0 Å². The minimum Gasteiger partial charge on any atom is -0.315 e. The molecule has 0 aromatic carbocycles. The van der Waals surface area contributed by atoms with E-state index in [4.69, 9.17) is 0 Å². The van der Waals surface area contributed by atoms with Crippen molar-refractivity contribution in [2.45, 2.75) is 50.9 Å². The van der Waals surface area contributed by atoms with Crippen molar-refractivity contribution < 1.29 is 8.42 Å². The van der Waals surface area contributed by atoms with E-state index in [9.17, 15) is 8.42 Å². The zero-order chi connectivity index (χ0) is 14.8. The molecule has 5 nitrogen and oxygen atoms in total. The summed E-state index contributed by atoms with van der Waals surface area (Å²) in [5.74, 6) is 0. The first kappa shape index (κ1) is 16.2. The number of nitrogens with one attached hydrogen (secondary N) is 1. The lowest BCUT2D eigenvalue weighted by Gasteiger charge is -2.32. The molecular formula is C13H25N3O2S. The van der Waals surface area contributed by atoms with Crippen molar-refractivity contribution >= 4 is 9.84 Å². The van der Waals surface area contributed by atoms with Crippen molar-refractivity contribution in [2.75, 3.05) is 13.3 Å². The molecule has 0 fully saturated rings. The normalized spacial score (nSPS) is 14.9. The Morgan fingerprint density at radius 2 is 2.00 bits per heavy atom. The van der Waals surface area contributed by atoms with E-state index in [0.29, 0.717) is 12.5 Å². The van der Waals surface area contributed by atoms with Gasteiger partial charge >= 0.3 is 0 Å². The van der Waals surface area contributed by atoms with Crippen LogP contribution in [0.1, 0.15) is 39.4 Å². The average molecular weight is 287 g/mol. The summed E-state index contributed by atoms with van der Waals surface area (Å²) < 4.78 is 24.8. The van der Waals surface area contributed by atoms with E-state index in [2.05, 4.69) is 24.3 Å². The molecule has 0 aliphatic carbocycles. The number of likely N-dealkylation sites (N-methyl/N-ethyl adjacent to an activating group) is 1. The summed E-state index contributed by atoms with van der Waals surface area (Å²) in [6.45, 7) is 7.63. The molecule has 1 atom stereocenters. The highest BCUT2D eigenvalue weighted by Gasteiger charge is 2.38. The van der Waals surface area contributed by atoms with Gasteiger partial charge in [-0.05, 0) is 40.8 Å². The maximum Gasteiger partial charge on any atom is 0.154 e. The monoisotopic (exact) mass is 287 g/mol. The van der Waals surface area contributed by atoms with Gasteiger partial charge in [0.1, 0.15) is 0 Å². The smallest absolute Gasteiger partial charge is 0.154 e. The van der Waals surface area contributed by atoms with Crippen molar-refractivity contribution in [3.8, 4) is 0 Å². The van der Waals surface area contributed by atoms with Crippen LogP contribution in [-0.2, 0) is 16.3 Å². The van der Waals surface area contributed by atoms with Crippen molar-refractivity contribution in [2.24, 2.45) is 0 Å². The summed E-state index contributed by atoms with van der Waals surface area (Å²) in [7, 11) is -1.35. The molecule has 0 saturated carbocycles. The molecule has 1 heterocycles. The van der Waals surface area contributed by atoms with E-state index in [1.807, 2.05) is 16.9 Å². The van der Waals surface area contributed by atoms with Crippen molar-refractivity contribution in [3.05, 3.63) is 18.0 Å². The molecule has 0 amide bonds. The lowest BCUT2D eigenvalue weighted by Crippen LogP contribution is -2.51. The summed E-state index contributed by atoms with van der Waals surface area (Å²) in [6.07, 6.45) is 3.81. The third-order valence-corrected chi connectivity index (χ3v) is 5.95. The summed E-state index contributed by atoms with van der Waals surface area (Å²) in [5, 5.41) is 7.58. The van der Waals surface area contributed by atoms with Gasteiger partial charge in [0.2, 0.25) is 0 Å². The Morgan fingerprint density at radius 3 is 2.37 bits per heavy atom. The van der Waals surface area contributed by atoms with E-state index >= 15 is 0 Å². The molecule has 1 unspecified atom stereocenters. The molecule has 0 aliphatic rings. The molecule has 110 valence electrons. The second kappa shape index (κ2) is 5.63. The minimum absolute atomic E-state index is 0.169. The van der Waals surface area contributed by atoms with Crippen LogP contribution in [-0.4, -0.2) is 42.3 Å². The molecule has 1 aromatic rings. The summed E-state index contributed by atoms with van der Waals surface area (Å²) >= 11 is 0. The second-order valence-electron chi connectivity index (χ2n) is 5.80.